The number of nitrogens with zero attached hydrogens (tertiary/aromatic N) is 1. The van der Waals surface area contributed by atoms with Crippen molar-refractivity contribution in [3.05, 3.63) is 0 Å². The van der Waals surface area contributed by atoms with Gasteiger partial charge < -0.3 is 16.0 Å². The van der Waals surface area contributed by atoms with E-state index >= 15 is 0 Å². The molecular weight excluding hydrogens is 198 g/mol. The van der Waals surface area contributed by atoms with Crippen LogP contribution in [-0.2, 0) is 0 Å². The van der Waals surface area contributed by atoms with Crippen molar-refractivity contribution in [1.82, 2.24) is 10.2 Å². The predicted molar refractivity (Wildman–Crippen MR) is 68.4 cm³/mol. The molecule has 1 atom stereocenters. The molecule has 0 radical (unpaired) electrons. The first kappa shape index (κ1) is 12.3. The lowest BCUT2D eigenvalue weighted by molar-refractivity contribution is 0.245. The van der Waals surface area contributed by atoms with Crippen molar-refractivity contribution in [3.63, 3.8) is 0 Å². The number of hydrogen-bond acceptors (Lipinski definition) is 3. The van der Waals surface area contributed by atoms with Crippen molar-refractivity contribution in [1.29, 1.82) is 0 Å². The van der Waals surface area contributed by atoms with Crippen LogP contribution in [0.5, 0.6) is 0 Å². The summed E-state index contributed by atoms with van der Waals surface area (Å²) in [6.07, 6.45) is 5.43. The van der Waals surface area contributed by atoms with Gasteiger partial charge in [0.25, 0.3) is 0 Å². The summed E-state index contributed by atoms with van der Waals surface area (Å²) < 4.78 is 0. The van der Waals surface area contributed by atoms with Gasteiger partial charge in [-0.1, -0.05) is 6.92 Å². The lowest BCUT2D eigenvalue weighted by atomic mass is 9.90. The Morgan fingerprint density at radius 3 is 2.75 bits per heavy atom. The van der Waals surface area contributed by atoms with Crippen LogP contribution in [0.25, 0.3) is 0 Å². The van der Waals surface area contributed by atoms with Crippen molar-refractivity contribution < 1.29 is 0 Å². The van der Waals surface area contributed by atoms with Crippen molar-refractivity contribution >= 4 is 0 Å². The SMILES string of the molecule is CC1(CN)CCN(CCC2CCNCC2)C1. The van der Waals surface area contributed by atoms with Crippen LogP contribution < -0.4 is 11.1 Å². The zero-order valence-corrected chi connectivity index (χ0v) is 10.7. The first-order valence-electron chi connectivity index (χ1n) is 6.85. The number of hydrogen-bond donors (Lipinski definition) is 2. The monoisotopic (exact) mass is 225 g/mol. The molecule has 2 rings (SSSR count). The molecule has 2 heterocycles. The summed E-state index contributed by atoms with van der Waals surface area (Å²) in [5.74, 6) is 0.964. The number of nitrogens with one attached hydrogen (secondary N) is 1. The zero-order valence-electron chi connectivity index (χ0n) is 10.7. The molecule has 0 bridgehead atoms. The van der Waals surface area contributed by atoms with E-state index < -0.39 is 0 Å². The molecule has 3 N–H and O–H groups in total. The summed E-state index contributed by atoms with van der Waals surface area (Å²) in [6, 6.07) is 0. The third-order valence-corrected chi connectivity index (χ3v) is 4.44. The highest BCUT2D eigenvalue weighted by molar-refractivity contribution is 4.87. The van der Waals surface area contributed by atoms with E-state index in [0.717, 1.165) is 12.5 Å². The minimum absolute atomic E-state index is 0.397. The van der Waals surface area contributed by atoms with Gasteiger partial charge in [-0.25, -0.2) is 0 Å². The van der Waals surface area contributed by atoms with Gasteiger partial charge in [-0.3, -0.25) is 0 Å². The molecule has 1 unspecified atom stereocenters. The van der Waals surface area contributed by atoms with Crippen LogP contribution in [0.15, 0.2) is 0 Å². The standard InChI is InChI=1S/C13H27N3/c1-13(10-14)5-9-16(11-13)8-4-12-2-6-15-7-3-12/h12,15H,2-11,14H2,1H3. The fraction of sp³-hybridized carbons (Fsp3) is 1.00. The Kier molecular flexibility index (Phi) is 4.22. The maximum Gasteiger partial charge on any atom is 0.00479 e. The van der Waals surface area contributed by atoms with E-state index in [1.165, 1.54) is 58.4 Å². The van der Waals surface area contributed by atoms with Crippen LogP contribution in [0, 0.1) is 11.3 Å². The molecular formula is C13H27N3. The molecule has 2 saturated heterocycles. The molecule has 0 aromatic rings. The normalized spacial score (nSPS) is 33.4. The third kappa shape index (κ3) is 3.19. The second kappa shape index (κ2) is 5.48. The molecule has 2 aliphatic rings. The summed E-state index contributed by atoms with van der Waals surface area (Å²) in [5.41, 5.74) is 6.23. The highest BCUT2D eigenvalue weighted by atomic mass is 15.2. The first-order valence-corrected chi connectivity index (χ1v) is 6.85. The van der Waals surface area contributed by atoms with E-state index in [9.17, 15) is 0 Å². The zero-order chi connectivity index (χ0) is 11.4. The maximum absolute atomic E-state index is 5.83. The van der Waals surface area contributed by atoms with E-state index in [-0.39, 0.29) is 0 Å². The van der Waals surface area contributed by atoms with Crippen molar-refractivity contribution in [2.24, 2.45) is 17.1 Å². The Bertz CT molecular complexity index is 213. The van der Waals surface area contributed by atoms with E-state index in [0.29, 0.717) is 5.41 Å². The maximum atomic E-state index is 5.83. The van der Waals surface area contributed by atoms with Gasteiger partial charge >= 0.3 is 0 Å². The molecule has 2 fully saturated rings. The number of likely N-dealkylation sites (tertiary alicyclic amines) is 1. The second-order valence-electron chi connectivity index (χ2n) is 6.02. The number of piperidine rings is 1. The van der Waals surface area contributed by atoms with Gasteiger partial charge in [0.15, 0.2) is 0 Å². The van der Waals surface area contributed by atoms with E-state index in [1.54, 1.807) is 0 Å². The van der Waals surface area contributed by atoms with Crippen molar-refractivity contribution in [2.75, 3.05) is 39.3 Å². The number of rotatable bonds is 4. The number of nitrogens with two attached hydrogens (primary N) is 1. The smallest absolute Gasteiger partial charge is 0.00479 e. The van der Waals surface area contributed by atoms with Gasteiger partial charge in [-0.2, -0.15) is 0 Å². The average molecular weight is 225 g/mol. The quantitative estimate of drug-likeness (QED) is 0.751. The topological polar surface area (TPSA) is 41.3 Å². The van der Waals surface area contributed by atoms with Crippen LogP contribution in [0.1, 0.15) is 32.6 Å². The Hall–Kier alpha value is -0.120. The van der Waals surface area contributed by atoms with Crippen molar-refractivity contribution in [3.8, 4) is 0 Å². The van der Waals surface area contributed by atoms with Crippen LogP contribution in [-0.4, -0.2) is 44.2 Å². The minimum Gasteiger partial charge on any atom is -0.330 e. The molecule has 3 nitrogen and oxygen atoms in total. The minimum atomic E-state index is 0.397. The summed E-state index contributed by atoms with van der Waals surface area (Å²) in [7, 11) is 0. The lowest BCUT2D eigenvalue weighted by Gasteiger charge is -2.26. The second-order valence-corrected chi connectivity index (χ2v) is 6.02. The molecule has 2 aliphatic heterocycles. The molecule has 3 heteroatoms. The van der Waals surface area contributed by atoms with Crippen molar-refractivity contribution in [2.45, 2.75) is 32.6 Å². The van der Waals surface area contributed by atoms with Gasteiger partial charge in [0.1, 0.15) is 0 Å². The van der Waals surface area contributed by atoms with Crippen LogP contribution in [0.4, 0.5) is 0 Å². The Morgan fingerprint density at radius 2 is 2.12 bits per heavy atom. The summed E-state index contributed by atoms with van der Waals surface area (Å²) in [6.45, 7) is 9.40. The molecule has 0 amide bonds. The van der Waals surface area contributed by atoms with Crippen LogP contribution >= 0.6 is 0 Å². The highest BCUT2D eigenvalue weighted by Crippen LogP contribution is 2.29. The molecule has 0 aromatic carbocycles. The summed E-state index contributed by atoms with van der Waals surface area (Å²) in [5, 5.41) is 3.43. The average Bonchev–Trinajstić information content (AvgIpc) is 2.71. The van der Waals surface area contributed by atoms with Gasteiger partial charge in [0, 0.05) is 6.54 Å². The molecule has 0 aromatic heterocycles. The highest BCUT2D eigenvalue weighted by Gasteiger charge is 2.32. The van der Waals surface area contributed by atoms with Crippen LogP contribution in [0.3, 0.4) is 0 Å². The Balaban J connectivity index is 1.67. The predicted octanol–water partition coefficient (Wildman–Crippen LogP) is 1.05. The third-order valence-electron chi connectivity index (χ3n) is 4.44. The molecule has 16 heavy (non-hydrogen) atoms. The van der Waals surface area contributed by atoms with Gasteiger partial charge in [-0.05, 0) is 69.7 Å². The molecule has 0 aliphatic carbocycles. The molecule has 94 valence electrons. The van der Waals surface area contributed by atoms with E-state index in [1.807, 2.05) is 0 Å². The molecule has 0 spiro atoms. The van der Waals surface area contributed by atoms with Crippen LogP contribution in [0.2, 0.25) is 0 Å². The lowest BCUT2D eigenvalue weighted by Crippen LogP contribution is -2.33. The molecule has 0 saturated carbocycles. The fourth-order valence-corrected chi connectivity index (χ4v) is 3.02. The Morgan fingerprint density at radius 1 is 1.38 bits per heavy atom. The Labute approximate surface area is 99.8 Å². The van der Waals surface area contributed by atoms with Gasteiger partial charge in [0.05, 0.1) is 0 Å². The summed E-state index contributed by atoms with van der Waals surface area (Å²) in [4.78, 5) is 2.62. The fourth-order valence-electron chi connectivity index (χ4n) is 3.02. The largest absolute Gasteiger partial charge is 0.330 e. The van der Waals surface area contributed by atoms with Gasteiger partial charge in [-0.15, -0.1) is 0 Å². The van der Waals surface area contributed by atoms with Gasteiger partial charge in [0.2, 0.25) is 0 Å². The van der Waals surface area contributed by atoms with E-state index in [4.69, 9.17) is 5.73 Å². The van der Waals surface area contributed by atoms with E-state index in [2.05, 4.69) is 17.1 Å². The first-order chi connectivity index (χ1) is 7.72. The summed E-state index contributed by atoms with van der Waals surface area (Å²) >= 11 is 0.